The molecule has 1 unspecified atom stereocenters. The van der Waals surface area contributed by atoms with E-state index in [0.29, 0.717) is 6.54 Å². The van der Waals surface area contributed by atoms with Crippen molar-refractivity contribution in [1.82, 2.24) is 15.5 Å². The zero-order chi connectivity index (χ0) is 16.6. The van der Waals surface area contributed by atoms with Crippen LogP contribution in [0.25, 0.3) is 0 Å². The van der Waals surface area contributed by atoms with Gasteiger partial charge in [0.2, 0.25) is 0 Å². The van der Waals surface area contributed by atoms with Gasteiger partial charge < -0.3 is 15.1 Å². The quantitative estimate of drug-likeness (QED) is 0.364. The van der Waals surface area contributed by atoms with Gasteiger partial charge in [-0.25, -0.2) is 4.99 Å². The minimum Gasteiger partial charge on any atom is -0.468 e. The molecule has 138 valence electrons. The first-order valence-electron chi connectivity index (χ1n) is 8.69. The molecule has 0 saturated carbocycles. The second-order valence-corrected chi connectivity index (χ2v) is 6.96. The van der Waals surface area contributed by atoms with Gasteiger partial charge in [0.05, 0.1) is 18.8 Å². The van der Waals surface area contributed by atoms with Crippen LogP contribution in [0.2, 0.25) is 0 Å². The Morgan fingerprint density at radius 1 is 1.28 bits per heavy atom. The van der Waals surface area contributed by atoms with Crippen molar-refractivity contribution in [1.29, 1.82) is 0 Å². The molecule has 1 fully saturated rings. The van der Waals surface area contributed by atoms with Gasteiger partial charge in [-0.15, -0.1) is 35.3 Å². The Kier molecular flexibility index (Phi) is 8.77. The van der Waals surface area contributed by atoms with Crippen LogP contribution in [0.15, 0.2) is 45.3 Å². The molecule has 5 nitrogen and oxygen atoms in total. The Hall–Kier alpha value is -1.06. The molecule has 1 saturated heterocycles. The molecule has 0 aromatic carbocycles. The van der Waals surface area contributed by atoms with Gasteiger partial charge in [-0.05, 0) is 56.4 Å². The van der Waals surface area contributed by atoms with Crippen LogP contribution < -0.4 is 10.6 Å². The fraction of sp³-hybridized carbons (Fsp3) is 0.500. The van der Waals surface area contributed by atoms with E-state index < -0.39 is 0 Å². The molecule has 25 heavy (non-hydrogen) atoms. The summed E-state index contributed by atoms with van der Waals surface area (Å²) in [5, 5.41) is 8.91. The van der Waals surface area contributed by atoms with Crippen molar-refractivity contribution < 1.29 is 4.42 Å². The maximum atomic E-state index is 5.68. The monoisotopic (exact) mass is 474 g/mol. The lowest BCUT2D eigenvalue weighted by molar-refractivity contribution is 0.215. The first-order chi connectivity index (χ1) is 11.9. The summed E-state index contributed by atoms with van der Waals surface area (Å²) in [5.41, 5.74) is 0. The predicted octanol–water partition coefficient (Wildman–Crippen LogP) is 3.85. The summed E-state index contributed by atoms with van der Waals surface area (Å²) < 4.78 is 5.68. The van der Waals surface area contributed by atoms with Gasteiger partial charge in [-0.1, -0.05) is 6.07 Å². The highest BCUT2D eigenvalue weighted by atomic mass is 127. The number of furan rings is 1. The van der Waals surface area contributed by atoms with Crippen LogP contribution >= 0.6 is 35.3 Å². The maximum Gasteiger partial charge on any atom is 0.191 e. The van der Waals surface area contributed by atoms with Gasteiger partial charge >= 0.3 is 0 Å². The Balaban J connectivity index is 0.00000225. The minimum atomic E-state index is 0. The van der Waals surface area contributed by atoms with Crippen molar-refractivity contribution in [2.24, 2.45) is 4.99 Å². The summed E-state index contributed by atoms with van der Waals surface area (Å²) in [6.07, 6.45) is 4.29. The lowest BCUT2D eigenvalue weighted by atomic mass is 10.2. The van der Waals surface area contributed by atoms with E-state index in [2.05, 4.69) is 46.0 Å². The Morgan fingerprint density at radius 3 is 2.76 bits per heavy atom. The molecule has 0 bridgehead atoms. The zero-order valence-electron chi connectivity index (χ0n) is 14.6. The second-order valence-electron chi connectivity index (χ2n) is 5.93. The third-order valence-corrected chi connectivity index (χ3v) is 5.09. The first-order valence-corrected chi connectivity index (χ1v) is 9.57. The molecule has 1 atom stereocenters. The van der Waals surface area contributed by atoms with Crippen LogP contribution in [0, 0.1) is 0 Å². The average molecular weight is 474 g/mol. The van der Waals surface area contributed by atoms with E-state index in [0.717, 1.165) is 37.9 Å². The third kappa shape index (κ3) is 6.00. The van der Waals surface area contributed by atoms with Crippen molar-refractivity contribution in [2.45, 2.75) is 32.4 Å². The summed E-state index contributed by atoms with van der Waals surface area (Å²) in [6.45, 7) is 6.72. The third-order valence-electron chi connectivity index (χ3n) is 4.23. The van der Waals surface area contributed by atoms with Crippen molar-refractivity contribution >= 4 is 41.3 Å². The first kappa shape index (κ1) is 20.3. The van der Waals surface area contributed by atoms with E-state index in [-0.39, 0.29) is 30.0 Å². The number of halogens is 1. The number of guanidine groups is 1. The molecule has 3 heterocycles. The number of likely N-dealkylation sites (tertiary alicyclic amines) is 1. The van der Waals surface area contributed by atoms with Crippen LogP contribution in [0.1, 0.15) is 36.4 Å². The molecule has 3 rings (SSSR count). The Labute approximate surface area is 170 Å². The lowest BCUT2D eigenvalue weighted by Crippen LogP contribution is -2.42. The largest absolute Gasteiger partial charge is 0.468 e. The molecular weight excluding hydrogens is 447 g/mol. The van der Waals surface area contributed by atoms with Crippen molar-refractivity contribution in [3.63, 3.8) is 0 Å². The zero-order valence-corrected chi connectivity index (χ0v) is 17.8. The smallest absolute Gasteiger partial charge is 0.191 e. The van der Waals surface area contributed by atoms with Gasteiger partial charge in [0.1, 0.15) is 5.76 Å². The fourth-order valence-electron chi connectivity index (χ4n) is 3.04. The molecule has 0 amide bonds. The summed E-state index contributed by atoms with van der Waals surface area (Å²) >= 11 is 1.74. The minimum absolute atomic E-state index is 0. The van der Waals surface area contributed by atoms with Crippen LogP contribution in [-0.2, 0) is 6.54 Å². The predicted molar refractivity (Wildman–Crippen MR) is 115 cm³/mol. The topological polar surface area (TPSA) is 52.8 Å². The van der Waals surface area contributed by atoms with Crippen molar-refractivity contribution in [3.8, 4) is 0 Å². The van der Waals surface area contributed by atoms with Gasteiger partial charge in [0.25, 0.3) is 0 Å². The van der Waals surface area contributed by atoms with Crippen molar-refractivity contribution in [2.75, 3.05) is 26.2 Å². The molecule has 7 heteroatoms. The van der Waals surface area contributed by atoms with Crippen LogP contribution in [-0.4, -0.2) is 37.0 Å². The molecule has 2 aromatic heterocycles. The van der Waals surface area contributed by atoms with Crippen LogP contribution in [0.4, 0.5) is 0 Å². The lowest BCUT2D eigenvalue weighted by Gasteiger charge is -2.26. The SMILES string of the molecule is CCNC(=NCc1cccs1)NCC(c1ccco1)N1CCCC1.I. The van der Waals surface area contributed by atoms with E-state index >= 15 is 0 Å². The number of hydrogen-bond donors (Lipinski definition) is 2. The number of thiophene rings is 1. The fourth-order valence-corrected chi connectivity index (χ4v) is 3.67. The summed E-state index contributed by atoms with van der Waals surface area (Å²) in [4.78, 5) is 8.46. The number of rotatable bonds is 7. The number of aliphatic imine (C=N–C) groups is 1. The Bertz CT molecular complexity index is 609. The second kappa shape index (κ2) is 10.8. The van der Waals surface area contributed by atoms with E-state index in [1.807, 2.05) is 6.07 Å². The molecular formula is C18H27IN4OS. The van der Waals surface area contributed by atoms with E-state index in [1.54, 1.807) is 17.6 Å². The summed E-state index contributed by atoms with van der Waals surface area (Å²) in [7, 11) is 0. The van der Waals surface area contributed by atoms with E-state index in [4.69, 9.17) is 9.41 Å². The molecule has 1 aliphatic heterocycles. The van der Waals surface area contributed by atoms with Gasteiger partial charge in [0.15, 0.2) is 5.96 Å². The maximum absolute atomic E-state index is 5.68. The molecule has 2 aromatic rings. The van der Waals surface area contributed by atoms with E-state index in [1.165, 1.54) is 17.7 Å². The number of nitrogens with zero attached hydrogens (tertiary/aromatic N) is 2. The highest BCUT2D eigenvalue weighted by molar-refractivity contribution is 14.0. The average Bonchev–Trinajstić information content (AvgIpc) is 3.35. The van der Waals surface area contributed by atoms with Crippen LogP contribution in [0.5, 0.6) is 0 Å². The van der Waals surface area contributed by atoms with E-state index in [9.17, 15) is 0 Å². The Morgan fingerprint density at radius 2 is 2.12 bits per heavy atom. The summed E-state index contributed by atoms with van der Waals surface area (Å²) in [5.74, 6) is 1.89. The number of hydrogen-bond acceptors (Lipinski definition) is 4. The van der Waals surface area contributed by atoms with Crippen LogP contribution in [0.3, 0.4) is 0 Å². The molecule has 1 aliphatic rings. The van der Waals surface area contributed by atoms with Gasteiger partial charge in [0, 0.05) is 18.0 Å². The number of nitrogens with one attached hydrogen (secondary N) is 2. The normalized spacial score (nSPS) is 16.4. The standard InChI is InChI=1S/C18H26N4OS.HI/c1-2-19-18(20-13-15-7-6-12-24-15)21-14-16(17-8-5-11-23-17)22-9-3-4-10-22;/h5-8,11-12,16H,2-4,9-10,13-14H2,1H3,(H2,19,20,21);1H. The molecule has 0 spiro atoms. The highest BCUT2D eigenvalue weighted by Crippen LogP contribution is 2.24. The molecule has 0 radical (unpaired) electrons. The van der Waals surface area contributed by atoms with Gasteiger partial charge in [-0.2, -0.15) is 0 Å². The summed E-state index contributed by atoms with van der Waals surface area (Å²) in [6, 6.07) is 8.48. The highest BCUT2D eigenvalue weighted by Gasteiger charge is 2.25. The molecule has 2 N–H and O–H groups in total. The van der Waals surface area contributed by atoms with Gasteiger partial charge in [-0.3, -0.25) is 4.90 Å². The van der Waals surface area contributed by atoms with Crippen molar-refractivity contribution in [3.05, 3.63) is 46.5 Å². The molecule has 0 aliphatic carbocycles.